The Labute approximate surface area is 186 Å². The number of aryl methyl sites for hydroxylation is 1. The van der Waals surface area contributed by atoms with Gasteiger partial charge in [0, 0.05) is 33.1 Å². The molecule has 0 radical (unpaired) electrons. The molecule has 1 aliphatic rings. The smallest absolute Gasteiger partial charge is 0.300 e. The average molecular weight is 484 g/mol. The Balaban J connectivity index is 1.96. The van der Waals surface area contributed by atoms with Gasteiger partial charge in [-0.15, -0.1) is 0 Å². The maximum absolute atomic E-state index is 13.1. The summed E-state index contributed by atoms with van der Waals surface area (Å²) in [6.45, 7) is 1.82. The van der Waals surface area contributed by atoms with Crippen LogP contribution in [0.2, 0.25) is 5.02 Å². The number of anilines is 1. The van der Waals surface area contributed by atoms with Gasteiger partial charge in [-0.3, -0.25) is 19.5 Å². The third-order valence-electron chi connectivity index (χ3n) is 5.00. The molecule has 5 nitrogen and oxygen atoms in total. The number of aliphatic hydroxyl groups is 1. The van der Waals surface area contributed by atoms with Crippen molar-refractivity contribution in [3.63, 3.8) is 0 Å². The van der Waals surface area contributed by atoms with Gasteiger partial charge in [0.15, 0.2) is 0 Å². The van der Waals surface area contributed by atoms with Crippen LogP contribution < -0.4 is 4.90 Å². The molecule has 1 N–H and O–H groups in total. The van der Waals surface area contributed by atoms with Crippen molar-refractivity contribution in [1.29, 1.82) is 0 Å². The molecule has 0 spiro atoms. The fourth-order valence-corrected chi connectivity index (χ4v) is 4.09. The van der Waals surface area contributed by atoms with E-state index in [1.165, 1.54) is 4.90 Å². The van der Waals surface area contributed by atoms with Crippen molar-refractivity contribution in [1.82, 2.24) is 4.98 Å². The normalized spacial score (nSPS) is 18.1. The molecule has 1 aliphatic heterocycles. The molecular formula is C23H16BrClN2O3. The first-order chi connectivity index (χ1) is 14.4. The number of pyridine rings is 1. The lowest BCUT2D eigenvalue weighted by Crippen LogP contribution is -2.30. The molecule has 0 bridgehead atoms. The molecule has 0 aliphatic carbocycles. The lowest BCUT2D eigenvalue weighted by molar-refractivity contribution is -0.132. The Hall–Kier alpha value is -2.96. The number of rotatable bonds is 3. The number of Topliss-reactive ketones (excluding diaryl/α,β-unsaturated/α-hetero) is 1. The number of hydrogen-bond donors (Lipinski definition) is 1. The highest BCUT2D eigenvalue weighted by molar-refractivity contribution is 9.10. The Morgan fingerprint density at radius 1 is 1.07 bits per heavy atom. The number of aromatic nitrogens is 1. The number of amides is 1. The summed E-state index contributed by atoms with van der Waals surface area (Å²) < 4.78 is 0.835. The standard InChI is InChI=1S/C23H16BrClN2O3/c1-13-12-17(25)6-7-18(13)27-20(14-8-10-26-11-9-14)19(22(29)23(27)30)21(28)15-2-4-16(24)5-3-15/h2-12,20,28H,1H3/b21-19+. The quantitative estimate of drug-likeness (QED) is 0.306. The van der Waals surface area contributed by atoms with Crippen LogP contribution in [-0.4, -0.2) is 21.8 Å². The van der Waals surface area contributed by atoms with Crippen LogP contribution in [0, 0.1) is 6.92 Å². The van der Waals surface area contributed by atoms with E-state index in [1.807, 2.05) is 6.92 Å². The van der Waals surface area contributed by atoms with Gasteiger partial charge in [-0.2, -0.15) is 0 Å². The van der Waals surface area contributed by atoms with Crippen LogP contribution in [0.5, 0.6) is 0 Å². The van der Waals surface area contributed by atoms with Gasteiger partial charge in [0.25, 0.3) is 11.7 Å². The highest BCUT2D eigenvalue weighted by Gasteiger charge is 2.47. The van der Waals surface area contributed by atoms with Gasteiger partial charge < -0.3 is 5.11 Å². The summed E-state index contributed by atoms with van der Waals surface area (Å²) in [6.07, 6.45) is 3.17. The molecule has 1 saturated heterocycles. The minimum atomic E-state index is -0.795. The number of nitrogens with zero attached hydrogens (tertiary/aromatic N) is 2. The predicted octanol–water partition coefficient (Wildman–Crippen LogP) is 5.43. The summed E-state index contributed by atoms with van der Waals surface area (Å²) in [4.78, 5) is 31.6. The highest BCUT2D eigenvalue weighted by atomic mass is 79.9. The van der Waals surface area contributed by atoms with E-state index in [9.17, 15) is 14.7 Å². The molecule has 1 amide bonds. The van der Waals surface area contributed by atoms with Gasteiger partial charge in [0.05, 0.1) is 11.6 Å². The highest BCUT2D eigenvalue weighted by Crippen LogP contribution is 2.43. The lowest BCUT2D eigenvalue weighted by atomic mass is 9.95. The number of halogens is 2. The first kappa shape index (κ1) is 20.3. The van der Waals surface area contributed by atoms with Crippen molar-refractivity contribution in [2.75, 3.05) is 4.90 Å². The van der Waals surface area contributed by atoms with Crippen molar-refractivity contribution >= 4 is 50.7 Å². The molecule has 30 heavy (non-hydrogen) atoms. The zero-order valence-corrected chi connectivity index (χ0v) is 18.2. The molecule has 3 aromatic rings. The fraction of sp³-hybridized carbons (Fsp3) is 0.0870. The summed E-state index contributed by atoms with van der Waals surface area (Å²) in [5.74, 6) is -1.68. The second-order valence-electron chi connectivity index (χ2n) is 6.89. The molecule has 150 valence electrons. The summed E-state index contributed by atoms with van der Waals surface area (Å²) in [5, 5.41) is 11.6. The first-order valence-electron chi connectivity index (χ1n) is 9.11. The van der Waals surface area contributed by atoms with E-state index >= 15 is 0 Å². The van der Waals surface area contributed by atoms with E-state index in [1.54, 1.807) is 67.0 Å². The molecule has 1 aromatic heterocycles. The topological polar surface area (TPSA) is 70.5 Å². The minimum absolute atomic E-state index is 0.0304. The van der Waals surface area contributed by atoms with E-state index in [0.717, 1.165) is 10.0 Å². The third-order valence-corrected chi connectivity index (χ3v) is 5.77. The van der Waals surface area contributed by atoms with Gasteiger partial charge in [-0.05, 0) is 60.5 Å². The van der Waals surface area contributed by atoms with E-state index in [4.69, 9.17) is 11.6 Å². The van der Waals surface area contributed by atoms with Crippen LogP contribution >= 0.6 is 27.5 Å². The maximum Gasteiger partial charge on any atom is 0.300 e. The predicted molar refractivity (Wildman–Crippen MR) is 119 cm³/mol. The molecule has 1 atom stereocenters. The number of hydrogen-bond acceptors (Lipinski definition) is 4. The summed E-state index contributed by atoms with van der Waals surface area (Å²) in [7, 11) is 0. The second-order valence-corrected chi connectivity index (χ2v) is 8.24. The van der Waals surface area contributed by atoms with E-state index in [0.29, 0.717) is 21.8 Å². The number of benzene rings is 2. The molecule has 2 heterocycles. The average Bonchev–Trinajstić information content (AvgIpc) is 3.00. The van der Waals surface area contributed by atoms with Crippen LogP contribution in [0.25, 0.3) is 5.76 Å². The van der Waals surface area contributed by atoms with Crippen molar-refractivity contribution in [2.45, 2.75) is 13.0 Å². The number of carbonyl (C=O) groups excluding carboxylic acids is 2. The number of carbonyl (C=O) groups is 2. The van der Waals surface area contributed by atoms with Crippen LogP contribution in [0.1, 0.15) is 22.7 Å². The van der Waals surface area contributed by atoms with E-state index < -0.39 is 17.7 Å². The lowest BCUT2D eigenvalue weighted by Gasteiger charge is -2.26. The monoisotopic (exact) mass is 482 g/mol. The van der Waals surface area contributed by atoms with Crippen molar-refractivity contribution in [3.8, 4) is 0 Å². The van der Waals surface area contributed by atoms with Crippen molar-refractivity contribution in [2.24, 2.45) is 0 Å². The molecular weight excluding hydrogens is 468 g/mol. The molecule has 2 aromatic carbocycles. The fourth-order valence-electron chi connectivity index (χ4n) is 3.59. The van der Waals surface area contributed by atoms with Crippen molar-refractivity contribution < 1.29 is 14.7 Å². The molecule has 4 rings (SSSR count). The van der Waals surface area contributed by atoms with Gasteiger partial charge in [0.1, 0.15) is 5.76 Å². The van der Waals surface area contributed by atoms with Crippen LogP contribution in [0.15, 0.2) is 77.0 Å². The number of ketones is 1. The Kier molecular flexibility index (Phi) is 5.45. The zero-order chi connectivity index (χ0) is 21.4. The molecule has 0 saturated carbocycles. The SMILES string of the molecule is Cc1cc(Cl)ccc1N1C(=O)C(=O)/C(=C(/O)c2ccc(Br)cc2)C1c1ccncc1. The number of aliphatic hydroxyl groups excluding tert-OH is 1. The van der Waals surface area contributed by atoms with Gasteiger partial charge in [-0.25, -0.2) is 0 Å². The van der Waals surface area contributed by atoms with E-state index in [2.05, 4.69) is 20.9 Å². The Morgan fingerprint density at radius 3 is 2.37 bits per heavy atom. The van der Waals surface area contributed by atoms with Crippen LogP contribution in [0.3, 0.4) is 0 Å². The molecule has 7 heteroatoms. The minimum Gasteiger partial charge on any atom is -0.507 e. The summed E-state index contributed by atoms with van der Waals surface area (Å²) in [5.41, 5.74) is 2.44. The zero-order valence-electron chi connectivity index (χ0n) is 15.8. The maximum atomic E-state index is 13.1. The van der Waals surface area contributed by atoms with Crippen LogP contribution in [-0.2, 0) is 9.59 Å². The Morgan fingerprint density at radius 2 is 1.73 bits per heavy atom. The molecule has 1 unspecified atom stereocenters. The van der Waals surface area contributed by atoms with Gasteiger partial charge >= 0.3 is 0 Å². The Bertz CT molecular complexity index is 1180. The van der Waals surface area contributed by atoms with Gasteiger partial charge in [-0.1, -0.05) is 39.7 Å². The third kappa shape index (κ3) is 3.53. The van der Waals surface area contributed by atoms with Crippen molar-refractivity contribution in [3.05, 3.63) is 98.7 Å². The second kappa shape index (κ2) is 8.05. The van der Waals surface area contributed by atoms with E-state index in [-0.39, 0.29) is 11.3 Å². The summed E-state index contributed by atoms with van der Waals surface area (Å²) >= 11 is 9.44. The van der Waals surface area contributed by atoms with Crippen LogP contribution in [0.4, 0.5) is 5.69 Å². The summed E-state index contributed by atoms with van der Waals surface area (Å²) in [6, 6.07) is 14.6. The largest absolute Gasteiger partial charge is 0.507 e. The molecule has 1 fully saturated rings. The first-order valence-corrected chi connectivity index (χ1v) is 10.3. The van der Waals surface area contributed by atoms with Gasteiger partial charge in [0.2, 0.25) is 0 Å².